The molecule has 0 aliphatic carbocycles. The van der Waals surface area contributed by atoms with Crippen LogP contribution in [0.25, 0.3) is 0 Å². The maximum atomic E-state index is 6.23. The third-order valence-corrected chi connectivity index (χ3v) is 10.3. The van der Waals surface area contributed by atoms with Crippen LogP contribution in [-0.2, 0) is 0 Å². The van der Waals surface area contributed by atoms with Crippen LogP contribution in [0.15, 0.2) is 130 Å². The summed E-state index contributed by atoms with van der Waals surface area (Å²) in [5, 5.41) is 6.48. The zero-order valence-electron chi connectivity index (χ0n) is 21.6. The molecular weight excluding hydrogens is 648 g/mol. The molecule has 42 heavy (non-hydrogen) atoms. The summed E-state index contributed by atoms with van der Waals surface area (Å²) in [5.74, 6) is 4.37. The van der Waals surface area contributed by atoms with Crippen LogP contribution in [0, 0.1) is 0 Å². The molecule has 2 heterocycles. The highest BCUT2D eigenvalue weighted by molar-refractivity contribution is 8.76. The van der Waals surface area contributed by atoms with Gasteiger partial charge in [0.2, 0.25) is 0 Å². The second-order valence-electron chi connectivity index (χ2n) is 8.58. The maximum Gasteiger partial charge on any atom is 0.182 e. The Labute approximate surface area is 269 Å². The highest BCUT2D eigenvalue weighted by Gasteiger charge is 2.11. The van der Waals surface area contributed by atoms with Crippen molar-refractivity contribution in [3.05, 3.63) is 130 Å². The Morgan fingerprint density at radius 3 is 1.17 bits per heavy atom. The number of thiophene rings is 2. The van der Waals surface area contributed by atoms with E-state index >= 15 is 0 Å². The molecule has 0 N–H and O–H groups in total. The summed E-state index contributed by atoms with van der Waals surface area (Å²) in [5.41, 5.74) is 0. The van der Waals surface area contributed by atoms with Gasteiger partial charge in [0.1, 0.15) is 34.5 Å². The summed E-state index contributed by atoms with van der Waals surface area (Å²) in [4.78, 5) is 1.97. The second kappa shape index (κ2) is 13.8. The van der Waals surface area contributed by atoms with Crippen molar-refractivity contribution in [1.82, 2.24) is 0 Å². The molecule has 0 amide bonds. The molecule has 0 radical (unpaired) electrons. The smallest absolute Gasteiger partial charge is 0.182 e. The van der Waals surface area contributed by atoms with E-state index in [9.17, 15) is 0 Å². The predicted molar refractivity (Wildman–Crippen MR) is 176 cm³/mol. The van der Waals surface area contributed by atoms with E-state index in [2.05, 4.69) is 0 Å². The van der Waals surface area contributed by atoms with E-state index in [1.54, 1.807) is 33.7 Å². The van der Waals surface area contributed by atoms with Crippen molar-refractivity contribution in [2.75, 3.05) is 0 Å². The van der Waals surface area contributed by atoms with Crippen LogP contribution in [-0.4, -0.2) is 0 Å². The van der Waals surface area contributed by atoms with Gasteiger partial charge in [0.05, 0.1) is 19.8 Å². The van der Waals surface area contributed by atoms with Crippen LogP contribution >= 0.6 is 67.5 Å². The fourth-order valence-corrected chi connectivity index (χ4v) is 7.69. The van der Waals surface area contributed by atoms with Gasteiger partial charge in [-0.05, 0) is 94.4 Å². The van der Waals surface area contributed by atoms with Crippen LogP contribution in [0.4, 0.5) is 0 Å². The highest BCUT2D eigenvalue weighted by Crippen LogP contribution is 2.46. The van der Waals surface area contributed by atoms with E-state index in [0.717, 1.165) is 31.4 Å². The lowest BCUT2D eigenvalue weighted by molar-refractivity contribution is 0.465. The van der Waals surface area contributed by atoms with Crippen LogP contribution in [0.1, 0.15) is 0 Å². The first-order valence-electron chi connectivity index (χ1n) is 12.5. The highest BCUT2D eigenvalue weighted by atomic mass is 35.5. The minimum absolute atomic E-state index is 0.664. The van der Waals surface area contributed by atoms with E-state index in [-0.39, 0.29) is 0 Å². The topological polar surface area (TPSA) is 36.9 Å². The molecule has 4 nitrogen and oxygen atoms in total. The summed E-state index contributed by atoms with van der Waals surface area (Å²) in [6.45, 7) is 0. The van der Waals surface area contributed by atoms with Gasteiger partial charge in [0.25, 0.3) is 0 Å². The summed E-state index contributed by atoms with van der Waals surface area (Å²) in [6, 6.07) is 34.5. The Morgan fingerprint density at radius 2 is 0.810 bits per heavy atom. The molecule has 0 aliphatic rings. The normalized spacial score (nSPS) is 10.8. The fraction of sp³-hybridized carbons (Fsp3) is 0. The number of rotatable bonds is 11. The molecule has 6 aromatic rings. The molecule has 0 fully saturated rings. The Hall–Kier alpha value is -3.24. The van der Waals surface area contributed by atoms with E-state index in [1.807, 2.05) is 108 Å². The summed E-state index contributed by atoms with van der Waals surface area (Å²) >= 11 is 14.9. The van der Waals surface area contributed by atoms with Crippen molar-refractivity contribution < 1.29 is 18.9 Å². The molecule has 6 rings (SSSR count). The number of halogens is 2. The maximum absolute atomic E-state index is 6.23. The number of para-hydroxylation sites is 2. The van der Waals surface area contributed by atoms with E-state index in [1.165, 1.54) is 22.7 Å². The lowest BCUT2D eigenvalue weighted by atomic mass is 10.3. The first-order chi connectivity index (χ1) is 20.6. The summed E-state index contributed by atoms with van der Waals surface area (Å²) in [7, 11) is 3.21. The van der Waals surface area contributed by atoms with Crippen LogP contribution in [0.2, 0.25) is 10.0 Å². The van der Waals surface area contributed by atoms with Gasteiger partial charge < -0.3 is 18.9 Å². The minimum atomic E-state index is 0.664. The fourth-order valence-electron chi connectivity index (χ4n) is 3.63. The van der Waals surface area contributed by atoms with Gasteiger partial charge in [0, 0.05) is 22.9 Å². The van der Waals surface area contributed by atoms with E-state index in [4.69, 9.17) is 42.1 Å². The van der Waals surface area contributed by atoms with Crippen molar-refractivity contribution in [1.29, 1.82) is 0 Å². The predicted octanol–water partition coefficient (Wildman–Crippen LogP) is 13.1. The quantitative estimate of drug-likeness (QED) is 0.128. The molecule has 0 aliphatic heterocycles. The standard InChI is InChI=1S/C32H20Cl2O4S4/c33-21-17-31(39-19-21)37-25-13-9-23(10-14-25)35-27-5-1-3-7-29(27)41-42-30-8-4-2-6-28(30)36-24-11-15-26(16-12-24)38-32-18-22(34)20-40-32/h1-20H. The van der Waals surface area contributed by atoms with Gasteiger partial charge >= 0.3 is 0 Å². The first-order valence-corrected chi connectivity index (χ1v) is 17.2. The molecule has 0 spiro atoms. The third-order valence-electron chi connectivity index (χ3n) is 5.55. The molecule has 0 saturated heterocycles. The van der Waals surface area contributed by atoms with Crippen molar-refractivity contribution >= 4 is 67.5 Å². The lowest BCUT2D eigenvalue weighted by Crippen LogP contribution is -1.88. The van der Waals surface area contributed by atoms with Gasteiger partial charge in [-0.2, -0.15) is 0 Å². The Bertz CT molecular complexity index is 1640. The van der Waals surface area contributed by atoms with Crippen LogP contribution in [0.5, 0.6) is 44.6 Å². The monoisotopic (exact) mass is 666 g/mol. The third kappa shape index (κ3) is 7.77. The van der Waals surface area contributed by atoms with Crippen molar-refractivity contribution in [3.63, 3.8) is 0 Å². The van der Waals surface area contributed by atoms with Gasteiger partial charge in [-0.1, -0.05) is 47.5 Å². The van der Waals surface area contributed by atoms with Crippen molar-refractivity contribution in [2.24, 2.45) is 0 Å². The molecule has 0 bridgehead atoms. The molecule has 2 aromatic heterocycles. The SMILES string of the molecule is Clc1csc(Oc2ccc(Oc3ccccc3SSc3ccccc3Oc3ccc(Oc4cc(Cl)cs4)cc3)cc2)c1. The Morgan fingerprint density at radius 1 is 0.452 bits per heavy atom. The molecule has 10 heteroatoms. The van der Waals surface area contributed by atoms with Gasteiger partial charge in [-0.3, -0.25) is 0 Å². The zero-order valence-corrected chi connectivity index (χ0v) is 26.3. The summed E-state index contributed by atoms with van der Waals surface area (Å²) in [6.07, 6.45) is 0. The number of hydrogen-bond donors (Lipinski definition) is 0. The van der Waals surface area contributed by atoms with Gasteiger partial charge in [-0.15, -0.1) is 22.7 Å². The van der Waals surface area contributed by atoms with Crippen molar-refractivity contribution in [2.45, 2.75) is 9.79 Å². The van der Waals surface area contributed by atoms with Crippen LogP contribution < -0.4 is 18.9 Å². The van der Waals surface area contributed by atoms with Crippen LogP contribution in [0.3, 0.4) is 0 Å². The lowest BCUT2D eigenvalue weighted by Gasteiger charge is -2.13. The molecular formula is C32H20Cl2O4S4. The second-order valence-corrected chi connectivity index (χ2v) is 13.4. The molecule has 0 unspecified atom stereocenters. The number of ether oxygens (including phenoxy) is 4. The average molecular weight is 668 g/mol. The Balaban J connectivity index is 1.09. The number of benzene rings is 4. The molecule has 4 aromatic carbocycles. The number of hydrogen-bond acceptors (Lipinski definition) is 8. The van der Waals surface area contributed by atoms with Gasteiger partial charge in [-0.25, -0.2) is 0 Å². The zero-order chi connectivity index (χ0) is 28.7. The largest absolute Gasteiger partial charge is 0.456 e. The molecule has 0 atom stereocenters. The van der Waals surface area contributed by atoms with Gasteiger partial charge in [0.15, 0.2) is 10.1 Å². The van der Waals surface area contributed by atoms with Crippen molar-refractivity contribution in [3.8, 4) is 44.6 Å². The Kier molecular flexibility index (Phi) is 9.50. The summed E-state index contributed by atoms with van der Waals surface area (Å²) < 4.78 is 24.2. The molecule has 0 saturated carbocycles. The first kappa shape index (κ1) is 28.9. The minimum Gasteiger partial charge on any atom is -0.456 e. The van der Waals surface area contributed by atoms with E-state index in [0.29, 0.717) is 33.0 Å². The van der Waals surface area contributed by atoms with E-state index < -0.39 is 0 Å². The molecule has 210 valence electrons. The average Bonchev–Trinajstić information content (AvgIpc) is 3.62.